The Bertz CT molecular complexity index is 508. The van der Waals surface area contributed by atoms with Crippen LogP contribution in [0.4, 0.5) is 0 Å². The van der Waals surface area contributed by atoms with Crippen LogP contribution < -0.4 is 5.32 Å². The monoisotopic (exact) mass is 349 g/mol. The summed E-state index contributed by atoms with van der Waals surface area (Å²) in [4.78, 5) is 15.6. The lowest BCUT2D eigenvalue weighted by atomic mass is 10.3. The first-order valence-electron chi connectivity index (χ1n) is 4.46. The molecule has 0 fully saturated rings. The molecule has 16 heavy (non-hydrogen) atoms. The number of amides is 1. The lowest BCUT2D eigenvalue weighted by molar-refractivity contribution is 0.0946. The van der Waals surface area contributed by atoms with Gasteiger partial charge in [0.2, 0.25) is 5.89 Å². The van der Waals surface area contributed by atoms with Gasteiger partial charge in [0.15, 0.2) is 5.82 Å². The molecule has 0 unspecified atom stereocenters. The van der Waals surface area contributed by atoms with Crippen LogP contribution in [0.1, 0.15) is 22.1 Å². The van der Waals surface area contributed by atoms with E-state index in [1.165, 1.54) is 11.3 Å². The zero-order valence-corrected chi connectivity index (χ0v) is 11.3. The molecular formula is C9H8IN3O2S. The number of nitrogens with zero attached hydrogens (tertiary/aromatic N) is 2. The van der Waals surface area contributed by atoms with Crippen LogP contribution in [0, 0.1) is 9.81 Å². The fourth-order valence-electron chi connectivity index (χ4n) is 1.10. The molecular weight excluding hydrogens is 341 g/mol. The largest absolute Gasteiger partial charge is 0.343 e. The van der Waals surface area contributed by atoms with Gasteiger partial charge in [-0.05, 0) is 35.6 Å². The number of hydrogen-bond donors (Lipinski definition) is 1. The molecule has 0 radical (unpaired) electrons. The van der Waals surface area contributed by atoms with Crippen molar-refractivity contribution in [3.8, 4) is 0 Å². The van der Waals surface area contributed by atoms with Gasteiger partial charge < -0.3 is 9.84 Å². The van der Waals surface area contributed by atoms with Crippen molar-refractivity contribution in [2.24, 2.45) is 0 Å². The molecule has 2 aromatic heterocycles. The van der Waals surface area contributed by atoms with Gasteiger partial charge in [0.05, 0.1) is 15.0 Å². The molecule has 0 aliphatic heterocycles. The molecule has 7 heteroatoms. The van der Waals surface area contributed by atoms with Crippen molar-refractivity contribution in [3.05, 3.63) is 31.6 Å². The Morgan fingerprint density at radius 2 is 2.50 bits per heavy atom. The quantitative estimate of drug-likeness (QED) is 0.861. The summed E-state index contributed by atoms with van der Waals surface area (Å²) in [6.07, 6.45) is 0. The molecule has 0 aromatic carbocycles. The molecule has 84 valence electrons. The number of rotatable bonds is 3. The van der Waals surface area contributed by atoms with Crippen LogP contribution in [0.15, 0.2) is 16.0 Å². The fraction of sp³-hybridized carbons (Fsp3) is 0.222. The summed E-state index contributed by atoms with van der Waals surface area (Å²) in [5.41, 5.74) is 0.658. The van der Waals surface area contributed by atoms with Crippen molar-refractivity contribution >= 4 is 39.8 Å². The predicted octanol–water partition coefficient (Wildman–Crippen LogP) is 1.97. The number of aryl methyl sites for hydroxylation is 1. The molecule has 2 aromatic rings. The minimum atomic E-state index is -0.130. The van der Waals surface area contributed by atoms with Gasteiger partial charge >= 0.3 is 0 Å². The van der Waals surface area contributed by atoms with Crippen molar-refractivity contribution in [1.82, 2.24) is 15.5 Å². The standard InChI is InChI=1S/C9H8IN3O2S/c1-5-12-8(15-13-5)3-11-9(14)6-2-7(10)16-4-6/h2,4H,3H2,1H3,(H,11,14). The SMILES string of the molecule is Cc1noc(CNC(=O)c2csc(I)c2)n1. The normalized spacial score (nSPS) is 10.4. The van der Waals surface area contributed by atoms with E-state index in [9.17, 15) is 4.79 Å². The smallest absolute Gasteiger partial charge is 0.252 e. The molecule has 0 saturated heterocycles. The van der Waals surface area contributed by atoms with Gasteiger partial charge in [-0.3, -0.25) is 4.79 Å². The lowest BCUT2D eigenvalue weighted by Gasteiger charge is -1.98. The molecule has 2 heterocycles. The predicted molar refractivity (Wildman–Crippen MR) is 67.2 cm³/mol. The van der Waals surface area contributed by atoms with E-state index in [1.54, 1.807) is 6.92 Å². The van der Waals surface area contributed by atoms with E-state index < -0.39 is 0 Å². The maximum absolute atomic E-state index is 11.6. The van der Waals surface area contributed by atoms with Gasteiger partial charge in [0, 0.05) is 5.38 Å². The van der Waals surface area contributed by atoms with E-state index in [1.807, 2.05) is 11.4 Å². The number of aromatic nitrogens is 2. The molecule has 0 aliphatic rings. The molecule has 2 rings (SSSR count). The Morgan fingerprint density at radius 3 is 3.06 bits per heavy atom. The highest BCUT2D eigenvalue weighted by Crippen LogP contribution is 2.16. The van der Waals surface area contributed by atoms with Crippen LogP contribution in [0.25, 0.3) is 0 Å². The second-order valence-corrected chi connectivity index (χ2v) is 5.86. The highest BCUT2D eigenvalue weighted by Gasteiger charge is 2.09. The number of thiophene rings is 1. The van der Waals surface area contributed by atoms with Crippen LogP contribution in [-0.4, -0.2) is 16.0 Å². The first-order valence-corrected chi connectivity index (χ1v) is 6.42. The summed E-state index contributed by atoms with van der Waals surface area (Å²) < 4.78 is 5.96. The Hall–Kier alpha value is -0.960. The average Bonchev–Trinajstić information content (AvgIpc) is 2.84. The van der Waals surface area contributed by atoms with E-state index in [0.29, 0.717) is 17.3 Å². The molecule has 0 aliphatic carbocycles. The zero-order valence-electron chi connectivity index (χ0n) is 8.36. The summed E-state index contributed by atoms with van der Waals surface area (Å²) in [6, 6.07) is 1.83. The summed E-state index contributed by atoms with van der Waals surface area (Å²) in [5.74, 6) is 0.847. The minimum absolute atomic E-state index is 0.130. The van der Waals surface area contributed by atoms with Crippen molar-refractivity contribution in [2.75, 3.05) is 0 Å². The molecule has 0 bridgehead atoms. The summed E-state index contributed by atoms with van der Waals surface area (Å²) in [7, 11) is 0. The van der Waals surface area contributed by atoms with Gasteiger partial charge in [-0.15, -0.1) is 11.3 Å². The first kappa shape index (κ1) is 11.5. The van der Waals surface area contributed by atoms with E-state index in [-0.39, 0.29) is 12.5 Å². The minimum Gasteiger partial charge on any atom is -0.343 e. The van der Waals surface area contributed by atoms with Gasteiger partial charge in [0.25, 0.3) is 5.91 Å². The fourth-order valence-corrected chi connectivity index (χ4v) is 2.43. The summed E-state index contributed by atoms with van der Waals surface area (Å²) in [5, 5.41) is 8.16. The average molecular weight is 349 g/mol. The Kier molecular flexibility index (Phi) is 3.54. The molecule has 1 amide bonds. The molecule has 0 spiro atoms. The maximum Gasteiger partial charge on any atom is 0.252 e. The van der Waals surface area contributed by atoms with Gasteiger partial charge in [-0.1, -0.05) is 5.16 Å². The number of halogens is 1. The summed E-state index contributed by atoms with van der Waals surface area (Å²) >= 11 is 3.71. The third kappa shape index (κ3) is 2.79. The Labute approximate surface area is 109 Å². The van der Waals surface area contributed by atoms with Crippen molar-refractivity contribution in [3.63, 3.8) is 0 Å². The molecule has 0 atom stereocenters. The highest BCUT2D eigenvalue weighted by molar-refractivity contribution is 14.1. The number of hydrogen-bond acceptors (Lipinski definition) is 5. The first-order chi connectivity index (χ1) is 7.65. The van der Waals surface area contributed by atoms with Crippen LogP contribution in [0.3, 0.4) is 0 Å². The zero-order chi connectivity index (χ0) is 11.5. The topological polar surface area (TPSA) is 68.0 Å². The van der Waals surface area contributed by atoms with Crippen molar-refractivity contribution in [1.29, 1.82) is 0 Å². The lowest BCUT2D eigenvalue weighted by Crippen LogP contribution is -2.22. The molecule has 0 saturated carbocycles. The van der Waals surface area contributed by atoms with Crippen LogP contribution in [0.2, 0.25) is 0 Å². The summed E-state index contributed by atoms with van der Waals surface area (Å²) in [6.45, 7) is 1.99. The van der Waals surface area contributed by atoms with Crippen LogP contribution >= 0.6 is 33.9 Å². The molecule has 5 nitrogen and oxygen atoms in total. The number of carbonyl (C=O) groups is 1. The van der Waals surface area contributed by atoms with Crippen molar-refractivity contribution < 1.29 is 9.32 Å². The Balaban J connectivity index is 1.93. The van der Waals surface area contributed by atoms with E-state index in [4.69, 9.17) is 4.52 Å². The maximum atomic E-state index is 11.6. The van der Waals surface area contributed by atoms with Crippen LogP contribution in [-0.2, 0) is 6.54 Å². The second-order valence-electron chi connectivity index (χ2n) is 3.06. The van der Waals surface area contributed by atoms with E-state index in [0.717, 1.165) is 2.88 Å². The second kappa shape index (κ2) is 4.91. The van der Waals surface area contributed by atoms with E-state index in [2.05, 4.69) is 38.0 Å². The highest BCUT2D eigenvalue weighted by atomic mass is 127. The van der Waals surface area contributed by atoms with E-state index >= 15 is 0 Å². The third-order valence-electron chi connectivity index (χ3n) is 1.80. The third-order valence-corrected chi connectivity index (χ3v) is 3.59. The Morgan fingerprint density at radius 1 is 1.69 bits per heavy atom. The number of carbonyl (C=O) groups excluding carboxylic acids is 1. The van der Waals surface area contributed by atoms with Crippen molar-refractivity contribution in [2.45, 2.75) is 13.5 Å². The van der Waals surface area contributed by atoms with Gasteiger partial charge in [-0.2, -0.15) is 4.98 Å². The van der Waals surface area contributed by atoms with Gasteiger partial charge in [0.1, 0.15) is 0 Å². The van der Waals surface area contributed by atoms with Gasteiger partial charge in [-0.25, -0.2) is 0 Å². The molecule has 1 N–H and O–H groups in total. The van der Waals surface area contributed by atoms with Crippen LogP contribution in [0.5, 0.6) is 0 Å². The number of nitrogens with one attached hydrogen (secondary N) is 1.